The van der Waals surface area contributed by atoms with Gasteiger partial charge >= 0.3 is 6.03 Å². The smallest absolute Gasteiger partial charge is 0.321 e. The number of anilines is 1. The van der Waals surface area contributed by atoms with Gasteiger partial charge < -0.3 is 10.2 Å². The highest BCUT2D eigenvalue weighted by Gasteiger charge is 2.31. The van der Waals surface area contributed by atoms with Crippen LogP contribution >= 0.6 is 27.5 Å². The standard InChI is InChI=1S/C17H15BrClFN2O/c18-14-8-13(20)5-6-16(14)21-17(23)22-9-11(10-22)7-12-3-1-2-4-15(12)19/h1-6,8,11H,7,9-10H2,(H,21,23). The summed E-state index contributed by atoms with van der Waals surface area (Å²) in [6, 6.07) is 11.8. The molecule has 1 saturated heterocycles. The highest BCUT2D eigenvalue weighted by Crippen LogP contribution is 2.27. The van der Waals surface area contributed by atoms with E-state index in [0.29, 0.717) is 29.2 Å². The zero-order valence-electron chi connectivity index (χ0n) is 12.2. The first-order chi connectivity index (χ1) is 11.0. The number of rotatable bonds is 3. The van der Waals surface area contributed by atoms with E-state index in [9.17, 15) is 9.18 Å². The van der Waals surface area contributed by atoms with Gasteiger partial charge in [-0.3, -0.25) is 0 Å². The average Bonchev–Trinajstić information content (AvgIpc) is 2.47. The lowest BCUT2D eigenvalue weighted by molar-refractivity contribution is 0.131. The number of carbonyl (C=O) groups is 1. The number of halogens is 3. The van der Waals surface area contributed by atoms with Gasteiger partial charge in [0.05, 0.1) is 5.69 Å². The second-order valence-corrected chi connectivity index (χ2v) is 6.88. The molecule has 0 aromatic heterocycles. The molecule has 120 valence electrons. The number of carbonyl (C=O) groups excluding carboxylic acids is 1. The minimum Gasteiger partial charge on any atom is -0.324 e. The molecule has 2 aromatic rings. The van der Waals surface area contributed by atoms with Gasteiger partial charge in [-0.15, -0.1) is 0 Å². The maximum atomic E-state index is 13.0. The van der Waals surface area contributed by atoms with E-state index in [-0.39, 0.29) is 11.8 Å². The number of hydrogen-bond donors (Lipinski definition) is 1. The summed E-state index contributed by atoms with van der Waals surface area (Å²) in [5.41, 5.74) is 1.67. The van der Waals surface area contributed by atoms with Crippen molar-refractivity contribution < 1.29 is 9.18 Å². The molecular weight excluding hydrogens is 383 g/mol. The molecule has 23 heavy (non-hydrogen) atoms. The third-order valence-corrected chi connectivity index (χ3v) is 4.91. The van der Waals surface area contributed by atoms with Crippen LogP contribution in [0.5, 0.6) is 0 Å². The summed E-state index contributed by atoms with van der Waals surface area (Å²) in [6.45, 7) is 1.38. The zero-order valence-corrected chi connectivity index (χ0v) is 14.6. The van der Waals surface area contributed by atoms with E-state index in [1.807, 2.05) is 24.3 Å². The Morgan fingerprint density at radius 1 is 1.30 bits per heavy atom. The summed E-state index contributed by atoms with van der Waals surface area (Å²) in [4.78, 5) is 13.9. The minimum atomic E-state index is -0.348. The van der Waals surface area contributed by atoms with Crippen LogP contribution < -0.4 is 5.32 Å². The zero-order chi connectivity index (χ0) is 16.4. The monoisotopic (exact) mass is 396 g/mol. The van der Waals surface area contributed by atoms with E-state index in [2.05, 4.69) is 21.2 Å². The van der Waals surface area contributed by atoms with Crippen molar-refractivity contribution in [3.63, 3.8) is 0 Å². The Morgan fingerprint density at radius 3 is 2.74 bits per heavy atom. The number of nitrogens with one attached hydrogen (secondary N) is 1. The predicted molar refractivity (Wildman–Crippen MR) is 93.3 cm³/mol. The van der Waals surface area contributed by atoms with E-state index < -0.39 is 0 Å². The molecule has 1 aliphatic heterocycles. The van der Waals surface area contributed by atoms with Crippen LogP contribution in [-0.4, -0.2) is 24.0 Å². The lowest BCUT2D eigenvalue weighted by atomic mass is 9.92. The number of urea groups is 1. The van der Waals surface area contributed by atoms with E-state index in [1.54, 1.807) is 11.0 Å². The molecule has 0 unspecified atom stereocenters. The van der Waals surface area contributed by atoms with E-state index in [4.69, 9.17) is 11.6 Å². The molecule has 0 bridgehead atoms. The molecule has 1 N–H and O–H groups in total. The highest BCUT2D eigenvalue weighted by molar-refractivity contribution is 9.10. The molecule has 0 atom stereocenters. The quantitative estimate of drug-likeness (QED) is 0.781. The summed E-state index contributed by atoms with van der Waals surface area (Å²) < 4.78 is 13.6. The van der Waals surface area contributed by atoms with Gasteiger partial charge in [-0.05, 0) is 58.1 Å². The molecule has 3 nitrogen and oxygen atoms in total. The van der Waals surface area contributed by atoms with Crippen molar-refractivity contribution >= 4 is 39.2 Å². The van der Waals surface area contributed by atoms with Gasteiger partial charge in [0.1, 0.15) is 5.82 Å². The summed E-state index contributed by atoms with van der Waals surface area (Å²) in [6.07, 6.45) is 0.865. The van der Waals surface area contributed by atoms with Gasteiger partial charge in [0.25, 0.3) is 0 Å². The molecular formula is C17H15BrClFN2O. The van der Waals surface area contributed by atoms with Crippen molar-refractivity contribution in [2.24, 2.45) is 5.92 Å². The van der Waals surface area contributed by atoms with Crippen LogP contribution in [-0.2, 0) is 6.42 Å². The fourth-order valence-electron chi connectivity index (χ4n) is 2.62. The van der Waals surface area contributed by atoms with Crippen LogP contribution in [0, 0.1) is 11.7 Å². The third kappa shape index (κ3) is 3.85. The lowest BCUT2D eigenvalue weighted by Gasteiger charge is -2.39. The molecule has 3 rings (SSSR count). The first-order valence-corrected chi connectivity index (χ1v) is 8.44. The molecule has 2 amide bonds. The van der Waals surface area contributed by atoms with Crippen LogP contribution in [0.4, 0.5) is 14.9 Å². The minimum absolute atomic E-state index is 0.173. The first-order valence-electron chi connectivity index (χ1n) is 7.27. The van der Waals surface area contributed by atoms with Gasteiger partial charge in [0.2, 0.25) is 0 Å². The molecule has 0 spiro atoms. The van der Waals surface area contributed by atoms with Crippen molar-refractivity contribution in [1.29, 1.82) is 0 Å². The Hall–Kier alpha value is -1.59. The molecule has 1 fully saturated rings. The molecule has 1 heterocycles. The van der Waals surface area contributed by atoms with Crippen molar-refractivity contribution in [1.82, 2.24) is 4.90 Å². The third-order valence-electron chi connectivity index (χ3n) is 3.88. The number of likely N-dealkylation sites (tertiary alicyclic amines) is 1. The number of amides is 2. The number of hydrogen-bond acceptors (Lipinski definition) is 1. The predicted octanol–water partition coefficient (Wildman–Crippen LogP) is 4.95. The summed E-state index contributed by atoms with van der Waals surface area (Å²) in [5, 5.41) is 3.55. The Kier molecular flexibility index (Phi) is 4.87. The van der Waals surface area contributed by atoms with E-state index in [0.717, 1.165) is 17.0 Å². The largest absolute Gasteiger partial charge is 0.324 e. The van der Waals surface area contributed by atoms with Crippen molar-refractivity contribution in [3.05, 3.63) is 63.3 Å². The summed E-state index contributed by atoms with van der Waals surface area (Å²) in [7, 11) is 0. The average molecular weight is 398 g/mol. The molecule has 0 aliphatic carbocycles. The van der Waals surface area contributed by atoms with Gasteiger partial charge in [0, 0.05) is 22.6 Å². The second-order valence-electron chi connectivity index (χ2n) is 5.62. The summed E-state index contributed by atoms with van der Waals surface area (Å²) >= 11 is 9.40. The van der Waals surface area contributed by atoms with Crippen LogP contribution in [0.25, 0.3) is 0 Å². The maximum Gasteiger partial charge on any atom is 0.321 e. The normalized spacial score (nSPS) is 14.5. The van der Waals surface area contributed by atoms with Gasteiger partial charge in [-0.2, -0.15) is 0 Å². The SMILES string of the molecule is O=C(Nc1ccc(F)cc1Br)N1CC(Cc2ccccc2Cl)C1. The van der Waals surface area contributed by atoms with Crippen LogP contribution in [0.15, 0.2) is 46.9 Å². The fourth-order valence-corrected chi connectivity index (χ4v) is 3.29. The Balaban J connectivity index is 1.53. The van der Waals surface area contributed by atoms with Gasteiger partial charge in [-0.25, -0.2) is 9.18 Å². The van der Waals surface area contributed by atoms with E-state index >= 15 is 0 Å². The van der Waals surface area contributed by atoms with Gasteiger partial charge in [-0.1, -0.05) is 29.8 Å². The van der Waals surface area contributed by atoms with Gasteiger partial charge in [0.15, 0.2) is 0 Å². The Labute approximate surface area is 147 Å². The highest BCUT2D eigenvalue weighted by atomic mass is 79.9. The first kappa shape index (κ1) is 16.3. The van der Waals surface area contributed by atoms with Crippen LogP contribution in [0.2, 0.25) is 5.02 Å². The second kappa shape index (κ2) is 6.89. The Bertz CT molecular complexity index is 734. The lowest BCUT2D eigenvalue weighted by Crippen LogP contribution is -2.52. The Morgan fingerprint density at radius 2 is 2.04 bits per heavy atom. The molecule has 0 saturated carbocycles. The fraction of sp³-hybridized carbons (Fsp3) is 0.235. The molecule has 1 aliphatic rings. The summed E-state index contributed by atoms with van der Waals surface area (Å²) in [5.74, 6) is 0.0657. The molecule has 0 radical (unpaired) electrons. The van der Waals surface area contributed by atoms with Crippen molar-refractivity contribution in [2.75, 3.05) is 18.4 Å². The number of benzene rings is 2. The van der Waals surface area contributed by atoms with Crippen LogP contribution in [0.1, 0.15) is 5.56 Å². The van der Waals surface area contributed by atoms with Crippen molar-refractivity contribution in [2.45, 2.75) is 6.42 Å². The molecule has 2 aromatic carbocycles. The topological polar surface area (TPSA) is 32.3 Å². The van der Waals surface area contributed by atoms with Crippen molar-refractivity contribution in [3.8, 4) is 0 Å². The molecule has 6 heteroatoms. The maximum absolute atomic E-state index is 13.0. The van der Waals surface area contributed by atoms with E-state index in [1.165, 1.54) is 12.1 Å². The number of nitrogens with zero attached hydrogens (tertiary/aromatic N) is 1. The van der Waals surface area contributed by atoms with Crippen LogP contribution in [0.3, 0.4) is 0 Å².